The van der Waals surface area contributed by atoms with Crippen LogP contribution in [0.4, 0.5) is 0 Å². The molecule has 3 N–H and O–H groups in total. The van der Waals surface area contributed by atoms with Crippen LogP contribution in [-0.4, -0.2) is 18.6 Å². The third kappa shape index (κ3) is 4.46. The van der Waals surface area contributed by atoms with Gasteiger partial charge in [0, 0.05) is 12.1 Å². The highest BCUT2D eigenvalue weighted by Gasteiger charge is 2.46. The normalized spacial score (nSPS) is 28.3. The quantitative estimate of drug-likeness (QED) is 0.719. The van der Waals surface area contributed by atoms with E-state index in [-0.39, 0.29) is 5.54 Å². The van der Waals surface area contributed by atoms with Crippen LogP contribution in [0.1, 0.15) is 72.6 Å². The number of hydrogen-bond donors (Lipinski definition) is 2. The van der Waals surface area contributed by atoms with E-state index in [9.17, 15) is 0 Å². The predicted octanol–water partition coefficient (Wildman–Crippen LogP) is 3.70. The highest BCUT2D eigenvalue weighted by Crippen LogP contribution is 2.49. The standard InChI is InChI=1S/C17H34N2/c1-15(2)10-16(3,4)12-17(11-15,13-18)19-9-5-6-14-7-8-14/h14,19H,5-13,18H2,1-4H3. The summed E-state index contributed by atoms with van der Waals surface area (Å²) in [4.78, 5) is 0. The topological polar surface area (TPSA) is 38.0 Å². The molecule has 112 valence electrons. The molecule has 0 amide bonds. The molecular weight excluding hydrogens is 232 g/mol. The molecule has 0 heterocycles. The summed E-state index contributed by atoms with van der Waals surface area (Å²) < 4.78 is 0. The predicted molar refractivity (Wildman–Crippen MR) is 83.2 cm³/mol. The average Bonchev–Trinajstić information content (AvgIpc) is 3.04. The van der Waals surface area contributed by atoms with Crippen molar-refractivity contribution in [1.82, 2.24) is 5.32 Å². The number of nitrogens with one attached hydrogen (secondary N) is 1. The summed E-state index contributed by atoms with van der Waals surface area (Å²) in [5, 5.41) is 3.85. The van der Waals surface area contributed by atoms with Gasteiger partial charge in [0.25, 0.3) is 0 Å². The van der Waals surface area contributed by atoms with Gasteiger partial charge in [0.05, 0.1) is 0 Å². The van der Waals surface area contributed by atoms with Gasteiger partial charge in [0.2, 0.25) is 0 Å². The molecule has 0 saturated heterocycles. The molecule has 0 aliphatic heterocycles. The van der Waals surface area contributed by atoms with E-state index in [1.54, 1.807) is 0 Å². The van der Waals surface area contributed by atoms with Gasteiger partial charge < -0.3 is 11.1 Å². The second kappa shape index (κ2) is 5.37. The lowest BCUT2D eigenvalue weighted by Gasteiger charge is -2.52. The minimum atomic E-state index is 0.175. The molecular formula is C17H34N2. The van der Waals surface area contributed by atoms with E-state index in [2.05, 4.69) is 33.0 Å². The SMILES string of the molecule is CC1(C)CC(C)(C)CC(CN)(NCCCC2CC2)C1. The van der Waals surface area contributed by atoms with Crippen LogP contribution in [0, 0.1) is 16.7 Å². The molecule has 0 atom stereocenters. The number of rotatable bonds is 6. The lowest BCUT2D eigenvalue weighted by molar-refractivity contribution is 0.0324. The Morgan fingerprint density at radius 2 is 1.58 bits per heavy atom. The zero-order valence-corrected chi connectivity index (χ0v) is 13.5. The Morgan fingerprint density at radius 1 is 1.00 bits per heavy atom. The van der Waals surface area contributed by atoms with Crippen LogP contribution >= 0.6 is 0 Å². The van der Waals surface area contributed by atoms with E-state index in [1.165, 1.54) is 44.9 Å². The van der Waals surface area contributed by atoms with Gasteiger partial charge in [-0.25, -0.2) is 0 Å². The summed E-state index contributed by atoms with van der Waals surface area (Å²) in [5.74, 6) is 1.05. The summed E-state index contributed by atoms with van der Waals surface area (Å²) in [5.41, 5.74) is 7.16. The Kier molecular flexibility index (Phi) is 4.32. The maximum atomic E-state index is 6.17. The van der Waals surface area contributed by atoms with Crippen LogP contribution in [0.3, 0.4) is 0 Å². The molecule has 2 rings (SSSR count). The van der Waals surface area contributed by atoms with Crippen LogP contribution in [0.5, 0.6) is 0 Å². The molecule has 2 nitrogen and oxygen atoms in total. The Balaban J connectivity index is 1.90. The molecule has 0 aromatic rings. The van der Waals surface area contributed by atoms with Gasteiger partial charge in [-0.15, -0.1) is 0 Å². The first-order chi connectivity index (χ1) is 8.76. The summed E-state index contributed by atoms with van der Waals surface area (Å²) in [6, 6.07) is 0. The maximum Gasteiger partial charge on any atom is 0.0314 e. The third-order valence-electron chi connectivity index (χ3n) is 4.97. The van der Waals surface area contributed by atoms with Crippen LogP contribution in [0.25, 0.3) is 0 Å². The van der Waals surface area contributed by atoms with Crippen molar-refractivity contribution in [3.05, 3.63) is 0 Å². The van der Waals surface area contributed by atoms with Gasteiger partial charge in [-0.2, -0.15) is 0 Å². The third-order valence-corrected chi connectivity index (χ3v) is 4.97. The summed E-state index contributed by atoms with van der Waals surface area (Å²) in [6.07, 6.45) is 9.45. The molecule has 0 aromatic heterocycles. The summed E-state index contributed by atoms with van der Waals surface area (Å²) in [7, 11) is 0. The zero-order valence-electron chi connectivity index (χ0n) is 13.5. The number of nitrogens with two attached hydrogens (primary N) is 1. The number of hydrogen-bond acceptors (Lipinski definition) is 2. The molecule has 0 aromatic carbocycles. The van der Waals surface area contributed by atoms with Crippen molar-refractivity contribution in [3.8, 4) is 0 Å². The monoisotopic (exact) mass is 266 g/mol. The van der Waals surface area contributed by atoms with Gasteiger partial charge >= 0.3 is 0 Å². The molecule has 2 aliphatic rings. The highest BCUT2D eigenvalue weighted by atomic mass is 15.0. The van der Waals surface area contributed by atoms with Crippen molar-refractivity contribution < 1.29 is 0 Å². The largest absolute Gasteiger partial charge is 0.329 e. The molecule has 2 heteroatoms. The van der Waals surface area contributed by atoms with E-state index >= 15 is 0 Å². The molecule has 2 aliphatic carbocycles. The van der Waals surface area contributed by atoms with E-state index in [4.69, 9.17) is 5.73 Å². The van der Waals surface area contributed by atoms with Crippen molar-refractivity contribution >= 4 is 0 Å². The molecule has 0 radical (unpaired) electrons. The van der Waals surface area contributed by atoms with Crippen molar-refractivity contribution in [3.63, 3.8) is 0 Å². The first kappa shape index (κ1) is 15.3. The Bertz CT molecular complexity index is 286. The molecule has 19 heavy (non-hydrogen) atoms. The van der Waals surface area contributed by atoms with Gasteiger partial charge in [0.1, 0.15) is 0 Å². The van der Waals surface area contributed by atoms with Crippen molar-refractivity contribution in [2.45, 2.75) is 78.2 Å². The van der Waals surface area contributed by atoms with Gasteiger partial charge in [-0.05, 0) is 55.4 Å². The first-order valence-corrected chi connectivity index (χ1v) is 8.21. The fourth-order valence-electron chi connectivity index (χ4n) is 4.81. The lowest BCUT2D eigenvalue weighted by Crippen LogP contribution is -2.59. The second-order valence-corrected chi connectivity index (χ2v) is 8.86. The smallest absolute Gasteiger partial charge is 0.0314 e. The minimum absolute atomic E-state index is 0.175. The van der Waals surface area contributed by atoms with Crippen LogP contribution in [-0.2, 0) is 0 Å². The van der Waals surface area contributed by atoms with Crippen molar-refractivity contribution in [2.24, 2.45) is 22.5 Å². The zero-order chi connectivity index (χ0) is 14.1. The van der Waals surface area contributed by atoms with Gasteiger partial charge in [0.15, 0.2) is 0 Å². The molecule has 0 spiro atoms. The van der Waals surface area contributed by atoms with Crippen molar-refractivity contribution in [2.75, 3.05) is 13.1 Å². The molecule has 0 unspecified atom stereocenters. The fourth-order valence-corrected chi connectivity index (χ4v) is 4.81. The summed E-state index contributed by atoms with van der Waals surface area (Å²) >= 11 is 0. The van der Waals surface area contributed by atoms with Gasteiger partial charge in [-0.3, -0.25) is 0 Å². The van der Waals surface area contributed by atoms with Crippen LogP contribution in [0.15, 0.2) is 0 Å². The van der Waals surface area contributed by atoms with Crippen LogP contribution < -0.4 is 11.1 Å². The molecule has 2 saturated carbocycles. The summed E-state index contributed by atoms with van der Waals surface area (Å²) in [6.45, 7) is 11.6. The van der Waals surface area contributed by atoms with Crippen LogP contribution in [0.2, 0.25) is 0 Å². The molecule has 0 bridgehead atoms. The molecule has 2 fully saturated rings. The van der Waals surface area contributed by atoms with E-state index in [0.717, 1.165) is 19.0 Å². The van der Waals surface area contributed by atoms with Crippen molar-refractivity contribution in [1.29, 1.82) is 0 Å². The average molecular weight is 266 g/mol. The minimum Gasteiger partial charge on any atom is -0.329 e. The first-order valence-electron chi connectivity index (χ1n) is 8.21. The highest BCUT2D eigenvalue weighted by molar-refractivity contribution is 5.03. The Labute approximate surface area is 119 Å². The maximum absolute atomic E-state index is 6.17. The Hall–Kier alpha value is -0.0800. The van der Waals surface area contributed by atoms with E-state index in [1.807, 2.05) is 0 Å². The van der Waals surface area contributed by atoms with E-state index < -0.39 is 0 Å². The van der Waals surface area contributed by atoms with E-state index in [0.29, 0.717) is 10.8 Å². The fraction of sp³-hybridized carbons (Fsp3) is 1.00. The van der Waals surface area contributed by atoms with Gasteiger partial charge in [-0.1, -0.05) is 40.5 Å². The Morgan fingerprint density at radius 3 is 2.05 bits per heavy atom. The lowest BCUT2D eigenvalue weighted by atomic mass is 9.58. The second-order valence-electron chi connectivity index (χ2n) is 8.86.